The van der Waals surface area contributed by atoms with Gasteiger partial charge in [0.15, 0.2) is 0 Å². The van der Waals surface area contributed by atoms with E-state index >= 15 is 0 Å². The SMILES string of the molecule is Fc1cc(Cl)cc(-n2cc(Br)cn2)c1. The van der Waals surface area contributed by atoms with Crippen molar-refractivity contribution in [1.29, 1.82) is 0 Å². The Morgan fingerprint density at radius 3 is 2.71 bits per heavy atom. The minimum Gasteiger partial charge on any atom is -0.240 e. The maximum absolute atomic E-state index is 13.0. The monoisotopic (exact) mass is 274 g/mol. The molecule has 0 aliphatic heterocycles. The van der Waals surface area contributed by atoms with Crippen LogP contribution in [0.3, 0.4) is 0 Å². The van der Waals surface area contributed by atoms with Crippen LogP contribution in [0, 0.1) is 5.82 Å². The molecule has 0 aliphatic carbocycles. The Labute approximate surface area is 93.4 Å². The Hall–Kier alpha value is -0.870. The summed E-state index contributed by atoms with van der Waals surface area (Å²) < 4.78 is 15.4. The van der Waals surface area contributed by atoms with Gasteiger partial charge in [0, 0.05) is 11.2 Å². The molecule has 0 bridgehead atoms. The minimum atomic E-state index is -0.376. The van der Waals surface area contributed by atoms with Gasteiger partial charge in [-0.3, -0.25) is 0 Å². The maximum Gasteiger partial charge on any atom is 0.126 e. The van der Waals surface area contributed by atoms with Crippen molar-refractivity contribution in [3.05, 3.63) is 45.9 Å². The predicted octanol–water partition coefficient (Wildman–Crippen LogP) is 3.43. The lowest BCUT2D eigenvalue weighted by atomic mass is 10.3. The quantitative estimate of drug-likeness (QED) is 0.780. The van der Waals surface area contributed by atoms with Gasteiger partial charge in [-0.1, -0.05) is 11.6 Å². The van der Waals surface area contributed by atoms with Crippen molar-refractivity contribution in [2.45, 2.75) is 0 Å². The first-order chi connectivity index (χ1) is 6.65. The molecular weight excluding hydrogens is 270 g/mol. The average Bonchev–Trinajstić information content (AvgIpc) is 2.50. The topological polar surface area (TPSA) is 17.8 Å². The number of aromatic nitrogens is 2. The summed E-state index contributed by atoms with van der Waals surface area (Å²) in [5.74, 6) is -0.376. The Balaban J connectivity index is 2.51. The first kappa shape index (κ1) is 9.68. The van der Waals surface area contributed by atoms with Crippen LogP contribution in [0.2, 0.25) is 5.02 Å². The van der Waals surface area contributed by atoms with Crippen LogP contribution in [0.15, 0.2) is 35.1 Å². The summed E-state index contributed by atoms with van der Waals surface area (Å²) in [7, 11) is 0. The number of benzene rings is 1. The molecule has 0 radical (unpaired) electrons. The van der Waals surface area contributed by atoms with E-state index in [1.54, 1.807) is 23.1 Å². The van der Waals surface area contributed by atoms with Crippen LogP contribution in [-0.2, 0) is 0 Å². The zero-order chi connectivity index (χ0) is 10.1. The van der Waals surface area contributed by atoms with Crippen molar-refractivity contribution in [1.82, 2.24) is 9.78 Å². The third-order valence-electron chi connectivity index (χ3n) is 1.66. The fourth-order valence-electron chi connectivity index (χ4n) is 1.11. The van der Waals surface area contributed by atoms with Gasteiger partial charge in [-0.25, -0.2) is 9.07 Å². The highest BCUT2D eigenvalue weighted by Gasteiger charge is 2.02. The Morgan fingerprint density at radius 1 is 1.36 bits per heavy atom. The highest BCUT2D eigenvalue weighted by atomic mass is 79.9. The average molecular weight is 276 g/mol. The summed E-state index contributed by atoms with van der Waals surface area (Å²) in [6.45, 7) is 0. The number of hydrogen-bond acceptors (Lipinski definition) is 1. The molecule has 0 saturated heterocycles. The summed E-state index contributed by atoms with van der Waals surface area (Å²) in [5, 5.41) is 4.37. The molecule has 72 valence electrons. The van der Waals surface area contributed by atoms with Crippen molar-refractivity contribution >= 4 is 27.5 Å². The van der Waals surface area contributed by atoms with Crippen LogP contribution in [0.5, 0.6) is 0 Å². The number of halogens is 3. The van der Waals surface area contributed by atoms with Gasteiger partial charge in [0.05, 0.1) is 16.4 Å². The van der Waals surface area contributed by atoms with Gasteiger partial charge < -0.3 is 0 Å². The first-order valence-electron chi connectivity index (χ1n) is 3.82. The Morgan fingerprint density at radius 2 is 2.14 bits per heavy atom. The van der Waals surface area contributed by atoms with Gasteiger partial charge in [-0.2, -0.15) is 5.10 Å². The third-order valence-corrected chi connectivity index (χ3v) is 2.29. The molecule has 0 spiro atoms. The van der Waals surface area contributed by atoms with Gasteiger partial charge in [-0.15, -0.1) is 0 Å². The van der Waals surface area contributed by atoms with Crippen molar-refractivity contribution in [3.63, 3.8) is 0 Å². The molecule has 1 aromatic carbocycles. The normalized spacial score (nSPS) is 10.5. The van der Waals surface area contributed by atoms with E-state index < -0.39 is 0 Å². The molecule has 1 heterocycles. The molecule has 2 rings (SSSR count). The zero-order valence-electron chi connectivity index (χ0n) is 6.92. The third kappa shape index (κ3) is 1.96. The van der Waals surface area contributed by atoms with Crippen molar-refractivity contribution in [2.24, 2.45) is 0 Å². The van der Waals surface area contributed by atoms with E-state index in [0.29, 0.717) is 10.7 Å². The van der Waals surface area contributed by atoms with Crippen LogP contribution >= 0.6 is 27.5 Å². The van der Waals surface area contributed by atoms with Gasteiger partial charge in [0.25, 0.3) is 0 Å². The van der Waals surface area contributed by atoms with Crippen LogP contribution in [0.1, 0.15) is 0 Å². The molecule has 1 aromatic heterocycles. The summed E-state index contributed by atoms with van der Waals surface area (Å²) in [6.07, 6.45) is 3.35. The van der Waals surface area contributed by atoms with Crippen LogP contribution in [-0.4, -0.2) is 9.78 Å². The highest BCUT2D eigenvalue weighted by molar-refractivity contribution is 9.10. The summed E-state index contributed by atoms with van der Waals surface area (Å²) in [5.41, 5.74) is 0.598. The molecule has 0 amide bonds. The molecule has 0 saturated carbocycles. The van der Waals surface area contributed by atoms with Gasteiger partial charge in [-0.05, 0) is 34.1 Å². The van der Waals surface area contributed by atoms with E-state index in [0.717, 1.165) is 4.47 Å². The van der Waals surface area contributed by atoms with E-state index in [4.69, 9.17) is 11.6 Å². The maximum atomic E-state index is 13.0. The largest absolute Gasteiger partial charge is 0.240 e. The van der Waals surface area contributed by atoms with Crippen molar-refractivity contribution in [3.8, 4) is 5.69 Å². The molecular formula is C9H5BrClFN2. The van der Waals surface area contributed by atoms with Gasteiger partial charge >= 0.3 is 0 Å². The van der Waals surface area contributed by atoms with Crippen molar-refractivity contribution < 1.29 is 4.39 Å². The molecule has 2 nitrogen and oxygen atoms in total. The summed E-state index contributed by atoms with van der Waals surface area (Å²) in [6, 6.07) is 4.26. The molecule has 5 heteroatoms. The van der Waals surface area contributed by atoms with Gasteiger partial charge in [0.1, 0.15) is 5.82 Å². The highest BCUT2D eigenvalue weighted by Crippen LogP contribution is 2.18. The summed E-state index contributed by atoms with van der Waals surface area (Å²) >= 11 is 8.97. The number of hydrogen-bond donors (Lipinski definition) is 0. The molecule has 0 atom stereocenters. The summed E-state index contributed by atoms with van der Waals surface area (Å²) in [4.78, 5) is 0. The molecule has 0 aliphatic rings. The molecule has 0 fully saturated rings. The fourth-order valence-corrected chi connectivity index (χ4v) is 1.62. The van der Waals surface area contributed by atoms with E-state index in [9.17, 15) is 4.39 Å². The second kappa shape index (κ2) is 3.71. The molecule has 0 unspecified atom stereocenters. The lowest BCUT2D eigenvalue weighted by molar-refractivity contribution is 0.625. The van der Waals surface area contributed by atoms with Gasteiger partial charge in [0.2, 0.25) is 0 Å². The Bertz CT molecular complexity index is 449. The van der Waals surface area contributed by atoms with Crippen LogP contribution in [0.25, 0.3) is 5.69 Å². The number of rotatable bonds is 1. The molecule has 14 heavy (non-hydrogen) atoms. The smallest absolute Gasteiger partial charge is 0.126 e. The standard InChI is InChI=1S/C9H5BrClFN2/c10-6-4-13-14(5-6)9-2-7(11)1-8(12)3-9/h1-5H. The van der Waals surface area contributed by atoms with Crippen LogP contribution < -0.4 is 0 Å². The van der Waals surface area contributed by atoms with E-state index in [2.05, 4.69) is 21.0 Å². The van der Waals surface area contributed by atoms with Crippen molar-refractivity contribution in [2.75, 3.05) is 0 Å². The molecule has 0 N–H and O–H groups in total. The van der Waals surface area contributed by atoms with Crippen LogP contribution in [0.4, 0.5) is 4.39 Å². The van der Waals surface area contributed by atoms with E-state index in [1.165, 1.54) is 12.1 Å². The van der Waals surface area contributed by atoms with E-state index in [1.807, 2.05) is 0 Å². The minimum absolute atomic E-state index is 0.353. The second-order valence-corrected chi connectivity index (χ2v) is 4.08. The zero-order valence-corrected chi connectivity index (χ0v) is 9.26. The fraction of sp³-hybridized carbons (Fsp3) is 0. The molecule has 2 aromatic rings. The predicted molar refractivity (Wildman–Crippen MR) is 56.2 cm³/mol. The lowest BCUT2D eigenvalue weighted by Gasteiger charge is -2.01. The lowest BCUT2D eigenvalue weighted by Crippen LogP contribution is -1.94. The van der Waals surface area contributed by atoms with E-state index in [-0.39, 0.29) is 5.82 Å². The number of nitrogens with zero attached hydrogens (tertiary/aromatic N) is 2. The Kier molecular flexibility index (Phi) is 2.56. The second-order valence-electron chi connectivity index (χ2n) is 2.73. The first-order valence-corrected chi connectivity index (χ1v) is 4.99.